The number of hydrogen-bond acceptors (Lipinski definition) is 2. The summed E-state index contributed by atoms with van der Waals surface area (Å²) < 4.78 is 19.7. The Bertz CT molecular complexity index is 682. The highest BCUT2D eigenvalue weighted by Gasteiger charge is 2.15. The zero-order valence-electron chi connectivity index (χ0n) is 13.3. The van der Waals surface area contributed by atoms with Gasteiger partial charge in [-0.2, -0.15) is 0 Å². The summed E-state index contributed by atoms with van der Waals surface area (Å²) in [5, 5.41) is 4.58. The minimum atomic E-state index is -0.359. The molecule has 1 fully saturated rings. The summed E-state index contributed by atoms with van der Waals surface area (Å²) in [5.41, 5.74) is 1.34. The van der Waals surface area contributed by atoms with E-state index in [1.54, 1.807) is 18.2 Å². The topological polar surface area (TPSA) is 21.3 Å². The third-order valence-electron chi connectivity index (χ3n) is 4.39. The molecular weight excluding hydrogens is 348 g/mol. The Labute approximate surface area is 151 Å². The van der Waals surface area contributed by atoms with Crippen molar-refractivity contribution in [1.29, 1.82) is 0 Å². The second kappa shape index (κ2) is 8.19. The van der Waals surface area contributed by atoms with E-state index in [0.717, 1.165) is 5.56 Å². The van der Waals surface area contributed by atoms with E-state index in [1.165, 1.54) is 31.7 Å². The summed E-state index contributed by atoms with van der Waals surface area (Å²) in [6.07, 6.45) is 4.98. The molecule has 1 aliphatic rings. The lowest BCUT2D eigenvalue weighted by molar-refractivity contribution is 0.295. The molecule has 0 atom stereocenters. The number of nitrogens with one attached hydrogen (secondary N) is 1. The zero-order chi connectivity index (χ0) is 16.9. The normalized spacial score (nSPS) is 15.0. The Kier molecular flexibility index (Phi) is 5.99. The van der Waals surface area contributed by atoms with Crippen LogP contribution in [-0.4, -0.2) is 6.04 Å². The first kappa shape index (κ1) is 17.5. The van der Waals surface area contributed by atoms with Crippen molar-refractivity contribution in [2.24, 2.45) is 0 Å². The average Bonchev–Trinajstić information content (AvgIpc) is 3.07. The van der Waals surface area contributed by atoms with E-state index in [1.807, 2.05) is 12.1 Å². The summed E-state index contributed by atoms with van der Waals surface area (Å²) in [6.45, 7) is 0.773. The van der Waals surface area contributed by atoms with Gasteiger partial charge in [0.1, 0.15) is 18.2 Å². The molecule has 0 aliphatic heterocycles. The Morgan fingerprint density at radius 1 is 1.12 bits per heavy atom. The minimum Gasteiger partial charge on any atom is -0.488 e. The lowest BCUT2D eigenvalue weighted by atomic mass is 10.1. The monoisotopic (exact) mass is 367 g/mol. The number of hydrogen-bond donors (Lipinski definition) is 1. The minimum absolute atomic E-state index is 0.0869. The number of rotatable bonds is 6. The van der Waals surface area contributed by atoms with Crippen molar-refractivity contribution in [2.45, 2.75) is 44.9 Å². The maximum atomic E-state index is 13.9. The van der Waals surface area contributed by atoms with Crippen LogP contribution in [0, 0.1) is 5.82 Å². The fourth-order valence-corrected chi connectivity index (χ4v) is 3.44. The molecule has 3 rings (SSSR count). The van der Waals surface area contributed by atoms with Crippen LogP contribution in [0.25, 0.3) is 0 Å². The van der Waals surface area contributed by atoms with E-state index in [4.69, 9.17) is 27.9 Å². The summed E-state index contributed by atoms with van der Waals surface area (Å²) in [5.74, 6) is 0.339. The van der Waals surface area contributed by atoms with E-state index in [2.05, 4.69) is 5.32 Å². The Balaban J connectivity index is 1.70. The van der Waals surface area contributed by atoms with E-state index in [0.29, 0.717) is 33.9 Å². The molecule has 128 valence electrons. The number of benzene rings is 2. The van der Waals surface area contributed by atoms with Gasteiger partial charge in [-0.1, -0.05) is 42.1 Å². The van der Waals surface area contributed by atoms with Crippen molar-refractivity contribution in [3.05, 3.63) is 63.4 Å². The van der Waals surface area contributed by atoms with Gasteiger partial charge >= 0.3 is 0 Å². The molecule has 2 nitrogen and oxygen atoms in total. The second-order valence-corrected chi connectivity index (χ2v) is 6.95. The fourth-order valence-electron chi connectivity index (χ4n) is 3.03. The first-order valence-corrected chi connectivity index (χ1v) is 8.96. The fraction of sp³-hybridized carbons (Fsp3) is 0.368. The van der Waals surface area contributed by atoms with Crippen molar-refractivity contribution in [3.8, 4) is 5.75 Å². The average molecular weight is 368 g/mol. The number of halogens is 3. The molecular formula is C19H20Cl2FNO. The molecule has 0 heterocycles. The van der Waals surface area contributed by atoms with Gasteiger partial charge in [-0.15, -0.1) is 0 Å². The van der Waals surface area contributed by atoms with Crippen LogP contribution in [0.15, 0.2) is 36.4 Å². The third-order valence-corrected chi connectivity index (χ3v) is 4.98. The van der Waals surface area contributed by atoms with Gasteiger partial charge in [0, 0.05) is 28.7 Å². The van der Waals surface area contributed by atoms with Gasteiger partial charge in [-0.25, -0.2) is 4.39 Å². The summed E-state index contributed by atoms with van der Waals surface area (Å²) in [4.78, 5) is 0. The lowest BCUT2D eigenvalue weighted by Crippen LogP contribution is -2.25. The lowest BCUT2D eigenvalue weighted by Gasteiger charge is -2.16. The first-order valence-electron chi connectivity index (χ1n) is 8.21. The molecule has 0 bridgehead atoms. The van der Waals surface area contributed by atoms with Gasteiger partial charge in [0.25, 0.3) is 0 Å². The molecule has 0 aromatic heterocycles. The second-order valence-electron chi connectivity index (χ2n) is 6.10. The summed E-state index contributed by atoms with van der Waals surface area (Å²) in [6, 6.07) is 10.7. The van der Waals surface area contributed by atoms with Crippen LogP contribution in [-0.2, 0) is 13.2 Å². The van der Waals surface area contributed by atoms with Gasteiger partial charge in [0.2, 0.25) is 0 Å². The highest BCUT2D eigenvalue weighted by molar-refractivity contribution is 6.31. The van der Waals surface area contributed by atoms with Crippen molar-refractivity contribution in [2.75, 3.05) is 0 Å². The molecule has 1 N–H and O–H groups in total. The van der Waals surface area contributed by atoms with Crippen LogP contribution >= 0.6 is 23.2 Å². The Morgan fingerprint density at radius 3 is 2.67 bits per heavy atom. The molecule has 0 amide bonds. The van der Waals surface area contributed by atoms with E-state index in [-0.39, 0.29) is 12.4 Å². The Hall–Kier alpha value is -1.29. The third kappa shape index (κ3) is 4.41. The molecule has 1 aliphatic carbocycles. The molecule has 1 saturated carbocycles. The molecule has 0 spiro atoms. The van der Waals surface area contributed by atoms with Gasteiger partial charge in [-0.3, -0.25) is 0 Å². The van der Waals surface area contributed by atoms with E-state index in [9.17, 15) is 4.39 Å². The van der Waals surface area contributed by atoms with E-state index >= 15 is 0 Å². The predicted octanol–water partition coefficient (Wildman–Crippen LogP) is 5.74. The van der Waals surface area contributed by atoms with Crippen molar-refractivity contribution >= 4 is 23.2 Å². The van der Waals surface area contributed by atoms with Crippen molar-refractivity contribution in [1.82, 2.24) is 5.32 Å². The van der Waals surface area contributed by atoms with Crippen LogP contribution < -0.4 is 10.1 Å². The smallest absolute Gasteiger partial charge is 0.131 e. The Morgan fingerprint density at radius 2 is 1.92 bits per heavy atom. The molecule has 2 aromatic carbocycles. The van der Waals surface area contributed by atoms with Crippen LogP contribution in [0.1, 0.15) is 36.8 Å². The van der Waals surface area contributed by atoms with Gasteiger partial charge in [0.05, 0.1) is 5.02 Å². The number of ether oxygens (including phenoxy) is 1. The largest absolute Gasteiger partial charge is 0.488 e. The molecule has 0 saturated heterocycles. The van der Waals surface area contributed by atoms with Crippen LogP contribution in [0.3, 0.4) is 0 Å². The van der Waals surface area contributed by atoms with Crippen molar-refractivity contribution in [3.63, 3.8) is 0 Å². The van der Waals surface area contributed by atoms with Crippen LogP contribution in [0.4, 0.5) is 4.39 Å². The van der Waals surface area contributed by atoms with Gasteiger partial charge in [-0.05, 0) is 43.2 Å². The summed E-state index contributed by atoms with van der Waals surface area (Å²) >= 11 is 12.2. The highest BCUT2D eigenvalue weighted by Crippen LogP contribution is 2.27. The molecule has 0 radical (unpaired) electrons. The predicted molar refractivity (Wildman–Crippen MR) is 96.3 cm³/mol. The SMILES string of the molecule is Fc1cccc(Cl)c1COc1ccc(Cl)cc1CNC1CCCC1. The van der Waals surface area contributed by atoms with Gasteiger partial charge in [0.15, 0.2) is 0 Å². The first-order chi connectivity index (χ1) is 11.6. The maximum absolute atomic E-state index is 13.9. The molecule has 2 aromatic rings. The summed E-state index contributed by atoms with van der Waals surface area (Å²) in [7, 11) is 0. The van der Waals surface area contributed by atoms with Crippen LogP contribution in [0.2, 0.25) is 10.0 Å². The molecule has 24 heavy (non-hydrogen) atoms. The highest BCUT2D eigenvalue weighted by atomic mass is 35.5. The maximum Gasteiger partial charge on any atom is 0.131 e. The standard InChI is InChI=1S/C19H20Cl2FNO/c20-14-8-9-19(13(10-14)11-23-15-4-1-2-5-15)24-12-16-17(21)6-3-7-18(16)22/h3,6-10,15,23H,1-2,4-5,11-12H2. The van der Waals surface area contributed by atoms with Crippen molar-refractivity contribution < 1.29 is 9.13 Å². The van der Waals surface area contributed by atoms with Crippen LogP contribution in [0.5, 0.6) is 5.75 Å². The van der Waals surface area contributed by atoms with Gasteiger partial charge < -0.3 is 10.1 Å². The molecule has 0 unspecified atom stereocenters. The molecule has 5 heteroatoms. The zero-order valence-corrected chi connectivity index (χ0v) is 14.8. The van der Waals surface area contributed by atoms with E-state index < -0.39 is 0 Å². The quantitative estimate of drug-likeness (QED) is 0.702.